The molecule has 1 aromatic heterocycles. The quantitative estimate of drug-likeness (QED) is 0.834. The number of anilines is 1. The Morgan fingerprint density at radius 3 is 2.90 bits per heavy atom. The molecule has 2 rings (SSSR count). The molecule has 0 saturated heterocycles. The first kappa shape index (κ1) is 14.1. The monoisotopic (exact) mass is 272 g/mol. The van der Waals surface area contributed by atoms with E-state index in [1.54, 1.807) is 10.7 Å². The normalized spacial score (nSPS) is 10.6. The third-order valence-corrected chi connectivity index (χ3v) is 3.33. The van der Waals surface area contributed by atoms with Crippen LogP contribution < -0.4 is 11.1 Å². The van der Waals surface area contributed by atoms with E-state index in [0.717, 1.165) is 23.2 Å². The second kappa shape index (κ2) is 5.77. The van der Waals surface area contributed by atoms with Gasteiger partial charge >= 0.3 is 0 Å². The second-order valence-corrected chi connectivity index (χ2v) is 4.85. The van der Waals surface area contributed by atoms with E-state index in [1.165, 1.54) is 0 Å². The third-order valence-electron chi connectivity index (χ3n) is 3.33. The van der Waals surface area contributed by atoms with Crippen LogP contribution in [-0.2, 0) is 20.0 Å². The predicted octanol–water partition coefficient (Wildman–Crippen LogP) is 1.80. The number of hydrogen-bond donors (Lipinski definition) is 2. The maximum atomic E-state index is 12.2. The second-order valence-electron chi connectivity index (χ2n) is 4.85. The van der Waals surface area contributed by atoms with Gasteiger partial charge in [-0.2, -0.15) is 5.10 Å². The summed E-state index contributed by atoms with van der Waals surface area (Å²) in [6, 6.07) is 5.46. The van der Waals surface area contributed by atoms with Crippen molar-refractivity contribution in [3.8, 4) is 0 Å². The highest BCUT2D eigenvalue weighted by Gasteiger charge is 2.12. The molecular formula is C15H20N4O. The molecule has 1 aromatic carbocycles. The van der Waals surface area contributed by atoms with Crippen LogP contribution in [0.2, 0.25) is 0 Å². The van der Waals surface area contributed by atoms with Gasteiger partial charge in [0.25, 0.3) is 5.91 Å². The first-order chi connectivity index (χ1) is 9.52. The topological polar surface area (TPSA) is 72.9 Å². The number of nitrogens with one attached hydrogen (secondary N) is 1. The maximum Gasteiger partial charge on any atom is 0.253 e. The van der Waals surface area contributed by atoms with Crippen molar-refractivity contribution in [3.05, 3.63) is 46.8 Å². The van der Waals surface area contributed by atoms with E-state index in [0.29, 0.717) is 17.8 Å². The predicted molar refractivity (Wildman–Crippen MR) is 79.3 cm³/mol. The van der Waals surface area contributed by atoms with Gasteiger partial charge in [0.05, 0.1) is 11.3 Å². The molecule has 3 N–H and O–H groups in total. The van der Waals surface area contributed by atoms with Crippen molar-refractivity contribution in [1.82, 2.24) is 15.1 Å². The van der Waals surface area contributed by atoms with E-state index in [1.807, 2.05) is 39.2 Å². The SMILES string of the molecule is CCc1nn(C)cc1CNC(=O)c1cccc(C)c1N. The summed E-state index contributed by atoms with van der Waals surface area (Å²) in [5, 5.41) is 7.25. The first-order valence-corrected chi connectivity index (χ1v) is 6.67. The highest BCUT2D eigenvalue weighted by molar-refractivity contribution is 5.99. The Hall–Kier alpha value is -2.30. The van der Waals surface area contributed by atoms with Crippen molar-refractivity contribution < 1.29 is 4.79 Å². The molecular weight excluding hydrogens is 252 g/mol. The van der Waals surface area contributed by atoms with E-state index in [2.05, 4.69) is 10.4 Å². The van der Waals surface area contributed by atoms with E-state index in [4.69, 9.17) is 5.73 Å². The number of benzene rings is 1. The van der Waals surface area contributed by atoms with Gasteiger partial charge in [-0.25, -0.2) is 0 Å². The lowest BCUT2D eigenvalue weighted by molar-refractivity contribution is 0.0951. The van der Waals surface area contributed by atoms with Crippen molar-refractivity contribution in [3.63, 3.8) is 0 Å². The van der Waals surface area contributed by atoms with E-state index >= 15 is 0 Å². The molecule has 0 saturated carbocycles. The van der Waals surface area contributed by atoms with Gasteiger partial charge in [0, 0.05) is 31.0 Å². The number of aryl methyl sites for hydroxylation is 3. The van der Waals surface area contributed by atoms with Crippen LogP contribution in [0.1, 0.15) is 34.1 Å². The van der Waals surface area contributed by atoms with Gasteiger partial charge < -0.3 is 11.1 Å². The lowest BCUT2D eigenvalue weighted by Crippen LogP contribution is -2.24. The summed E-state index contributed by atoms with van der Waals surface area (Å²) in [7, 11) is 1.88. The van der Waals surface area contributed by atoms with Crippen LogP contribution in [-0.4, -0.2) is 15.7 Å². The van der Waals surface area contributed by atoms with Crippen molar-refractivity contribution >= 4 is 11.6 Å². The lowest BCUT2D eigenvalue weighted by Gasteiger charge is -2.09. The summed E-state index contributed by atoms with van der Waals surface area (Å²) in [5.74, 6) is -0.155. The molecule has 20 heavy (non-hydrogen) atoms. The number of nitrogens with zero attached hydrogens (tertiary/aromatic N) is 2. The van der Waals surface area contributed by atoms with E-state index in [-0.39, 0.29) is 5.91 Å². The van der Waals surface area contributed by atoms with Gasteiger partial charge in [-0.15, -0.1) is 0 Å². The number of amides is 1. The number of rotatable bonds is 4. The number of carbonyl (C=O) groups is 1. The van der Waals surface area contributed by atoms with Gasteiger partial charge in [0.15, 0.2) is 0 Å². The van der Waals surface area contributed by atoms with Crippen LogP contribution in [0.15, 0.2) is 24.4 Å². The van der Waals surface area contributed by atoms with Gasteiger partial charge in [0.1, 0.15) is 0 Å². The van der Waals surface area contributed by atoms with Gasteiger partial charge in [0.2, 0.25) is 0 Å². The van der Waals surface area contributed by atoms with E-state index < -0.39 is 0 Å². The number of nitrogens with two attached hydrogens (primary N) is 1. The fraction of sp³-hybridized carbons (Fsp3) is 0.333. The molecule has 0 atom stereocenters. The maximum absolute atomic E-state index is 12.2. The Morgan fingerprint density at radius 2 is 2.20 bits per heavy atom. The minimum Gasteiger partial charge on any atom is -0.398 e. The number of para-hydroxylation sites is 1. The zero-order valence-corrected chi connectivity index (χ0v) is 12.1. The summed E-state index contributed by atoms with van der Waals surface area (Å²) in [4.78, 5) is 12.2. The Balaban J connectivity index is 2.10. The van der Waals surface area contributed by atoms with E-state index in [9.17, 15) is 4.79 Å². The Labute approximate surface area is 118 Å². The average Bonchev–Trinajstić information content (AvgIpc) is 2.79. The Kier molecular flexibility index (Phi) is 4.08. The number of carbonyl (C=O) groups excluding carboxylic acids is 1. The molecule has 0 fully saturated rings. The summed E-state index contributed by atoms with van der Waals surface area (Å²) >= 11 is 0. The van der Waals surface area contributed by atoms with Gasteiger partial charge in [-0.05, 0) is 25.0 Å². The number of hydrogen-bond acceptors (Lipinski definition) is 3. The summed E-state index contributed by atoms with van der Waals surface area (Å²) in [6.07, 6.45) is 2.78. The van der Waals surface area contributed by atoms with Crippen LogP contribution in [0.25, 0.3) is 0 Å². The third kappa shape index (κ3) is 2.82. The minimum atomic E-state index is -0.155. The van der Waals surface area contributed by atoms with Crippen molar-refractivity contribution in [2.45, 2.75) is 26.8 Å². The van der Waals surface area contributed by atoms with Crippen LogP contribution in [0.3, 0.4) is 0 Å². The number of nitrogen functional groups attached to an aromatic ring is 1. The van der Waals surface area contributed by atoms with Crippen LogP contribution >= 0.6 is 0 Å². The van der Waals surface area contributed by atoms with Crippen molar-refractivity contribution in [2.24, 2.45) is 7.05 Å². The summed E-state index contributed by atoms with van der Waals surface area (Å²) in [5.41, 5.74) is 9.94. The zero-order valence-electron chi connectivity index (χ0n) is 12.1. The highest BCUT2D eigenvalue weighted by atomic mass is 16.1. The number of aromatic nitrogens is 2. The standard InChI is InChI=1S/C15H20N4O/c1-4-13-11(9-19(3)18-13)8-17-15(20)12-7-5-6-10(2)14(12)16/h5-7,9H,4,8,16H2,1-3H3,(H,17,20). The lowest BCUT2D eigenvalue weighted by atomic mass is 10.1. The van der Waals surface area contributed by atoms with Crippen LogP contribution in [0.4, 0.5) is 5.69 Å². The molecule has 0 unspecified atom stereocenters. The van der Waals surface area contributed by atoms with Crippen molar-refractivity contribution in [1.29, 1.82) is 0 Å². The van der Waals surface area contributed by atoms with Gasteiger partial charge in [-0.3, -0.25) is 9.48 Å². The molecule has 0 radical (unpaired) electrons. The summed E-state index contributed by atoms with van der Waals surface area (Å²) < 4.78 is 1.77. The largest absolute Gasteiger partial charge is 0.398 e. The van der Waals surface area contributed by atoms with Crippen LogP contribution in [0, 0.1) is 6.92 Å². The van der Waals surface area contributed by atoms with Crippen LogP contribution in [0.5, 0.6) is 0 Å². The fourth-order valence-electron chi connectivity index (χ4n) is 2.18. The molecule has 5 nitrogen and oxygen atoms in total. The molecule has 0 spiro atoms. The van der Waals surface area contributed by atoms with Crippen molar-refractivity contribution in [2.75, 3.05) is 5.73 Å². The molecule has 2 aromatic rings. The molecule has 1 amide bonds. The molecule has 0 aliphatic heterocycles. The Morgan fingerprint density at radius 1 is 1.45 bits per heavy atom. The zero-order chi connectivity index (χ0) is 14.7. The summed E-state index contributed by atoms with van der Waals surface area (Å²) in [6.45, 7) is 4.40. The molecule has 5 heteroatoms. The molecule has 0 aliphatic rings. The first-order valence-electron chi connectivity index (χ1n) is 6.67. The highest BCUT2D eigenvalue weighted by Crippen LogP contribution is 2.16. The molecule has 1 heterocycles. The Bertz CT molecular complexity index is 631. The fourth-order valence-corrected chi connectivity index (χ4v) is 2.18. The van der Waals surface area contributed by atoms with Gasteiger partial charge in [-0.1, -0.05) is 19.1 Å². The average molecular weight is 272 g/mol. The minimum absolute atomic E-state index is 0.155. The smallest absolute Gasteiger partial charge is 0.253 e. The molecule has 106 valence electrons. The molecule has 0 bridgehead atoms. The molecule has 0 aliphatic carbocycles.